The van der Waals surface area contributed by atoms with Gasteiger partial charge in [0.15, 0.2) is 0 Å². The molecule has 0 unspecified atom stereocenters. The number of nitrogens with one attached hydrogen (secondary N) is 1. The fraction of sp³-hybridized carbons (Fsp3) is 0.120. The number of nitriles is 1. The van der Waals surface area contributed by atoms with Gasteiger partial charge in [-0.25, -0.2) is 0 Å². The van der Waals surface area contributed by atoms with Crippen LogP contribution in [0.1, 0.15) is 22.3 Å². The van der Waals surface area contributed by atoms with Gasteiger partial charge in [0.25, 0.3) is 5.91 Å². The summed E-state index contributed by atoms with van der Waals surface area (Å²) in [5.74, 6) is -0.144. The zero-order valence-electron chi connectivity index (χ0n) is 17.4. The van der Waals surface area contributed by atoms with E-state index in [9.17, 15) is 23.2 Å². The van der Waals surface area contributed by atoms with E-state index in [1.165, 1.54) is 12.1 Å². The Morgan fingerprint density at radius 1 is 1.12 bits per heavy atom. The third kappa shape index (κ3) is 6.37. The molecule has 0 saturated carbocycles. The molecule has 0 spiro atoms. The Hall–Kier alpha value is -3.76. The number of halogens is 4. The van der Waals surface area contributed by atoms with Gasteiger partial charge in [0.2, 0.25) is 0 Å². The van der Waals surface area contributed by atoms with Crippen molar-refractivity contribution in [1.82, 2.24) is 0 Å². The fourth-order valence-electron chi connectivity index (χ4n) is 2.91. The second-order valence-electron chi connectivity index (χ2n) is 7.09. The van der Waals surface area contributed by atoms with Gasteiger partial charge in [-0.15, -0.1) is 0 Å². The molecule has 0 aromatic heterocycles. The summed E-state index contributed by atoms with van der Waals surface area (Å²) in [5.41, 5.74) is 1.31. The number of anilines is 1. The molecule has 0 radical (unpaired) electrons. The molecule has 1 amide bonds. The smallest absolute Gasteiger partial charge is 0.416 e. The van der Waals surface area contributed by atoms with Gasteiger partial charge < -0.3 is 10.1 Å². The Balaban J connectivity index is 1.67. The van der Waals surface area contributed by atoms with Gasteiger partial charge in [-0.1, -0.05) is 41.9 Å². The van der Waals surface area contributed by atoms with E-state index in [4.69, 9.17) is 16.3 Å². The van der Waals surface area contributed by atoms with Crippen LogP contribution in [0.4, 0.5) is 18.9 Å². The Labute approximate surface area is 193 Å². The number of ether oxygens (including phenoxy) is 1. The largest absolute Gasteiger partial charge is 0.489 e. The number of rotatable bonds is 6. The van der Waals surface area contributed by atoms with Gasteiger partial charge in [0.1, 0.15) is 24.0 Å². The van der Waals surface area contributed by atoms with Crippen molar-refractivity contribution in [3.63, 3.8) is 0 Å². The molecule has 3 rings (SSSR count). The summed E-state index contributed by atoms with van der Waals surface area (Å²) in [5, 5.41) is 12.6. The highest BCUT2D eigenvalue weighted by molar-refractivity contribution is 6.31. The average Bonchev–Trinajstić information content (AvgIpc) is 2.79. The summed E-state index contributed by atoms with van der Waals surface area (Å²) in [6.45, 7) is 1.72. The van der Waals surface area contributed by atoms with Crippen LogP contribution in [-0.2, 0) is 17.6 Å². The second kappa shape index (κ2) is 10.2. The first-order valence-corrected chi connectivity index (χ1v) is 10.1. The maximum absolute atomic E-state index is 12.8. The molecule has 0 aliphatic rings. The van der Waals surface area contributed by atoms with E-state index in [0.29, 0.717) is 33.1 Å². The predicted molar refractivity (Wildman–Crippen MR) is 121 cm³/mol. The third-order valence-electron chi connectivity index (χ3n) is 4.73. The van der Waals surface area contributed by atoms with E-state index in [1.807, 2.05) is 6.07 Å². The van der Waals surface area contributed by atoms with Gasteiger partial charge in [-0.3, -0.25) is 4.79 Å². The van der Waals surface area contributed by atoms with Gasteiger partial charge in [-0.05, 0) is 66.1 Å². The molecule has 0 heterocycles. The zero-order chi connectivity index (χ0) is 24.0. The molecular weight excluding hydrogens is 453 g/mol. The SMILES string of the molecule is Cc1c(Cl)cccc1NC(=O)/C(C#N)=C/c1ccc(OCc2cccc(C(F)(F)F)c2)cc1. The Bertz CT molecular complexity index is 1230. The van der Waals surface area contributed by atoms with Gasteiger partial charge in [0, 0.05) is 10.7 Å². The molecule has 0 bridgehead atoms. The second-order valence-corrected chi connectivity index (χ2v) is 7.50. The normalized spacial score (nSPS) is 11.6. The lowest BCUT2D eigenvalue weighted by molar-refractivity contribution is -0.137. The third-order valence-corrected chi connectivity index (χ3v) is 5.14. The highest BCUT2D eigenvalue weighted by Gasteiger charge is 2.30. The molecule has 168 valence electrons. The minimum atomic E-state index is -4.42. The molecule has 4 nitrogen and oxygen atoms in total. The number of alkyl halides is 3. The molecule has 3 aromatic carbocycles. The lowest BCUT2D eigenvalue weighted by Gasteiger charge is -2.10. The maximum atomic E-state index is 12.8. The van der Waals surface area contributed by atoms with Crippen molar-refractivity contribution in [3.05, 3.63) is 99.6 Å². The minimum absolute atomic E-state index is 0.0378. The van der Waals surface area contributed by atoms with Gasteiger partial charge in [0.05, 0.1) is 5.56 Å². The number of carbonyl (C=O) groups excluding carboxylic acids is 1. The average molecular weight is 471 g/mol. The molecular formula is C25H18ClF3N2O2. The number of amides is 1. The van der Waals surface area contributed by atoms with Crippen LogP contribution < -0.4 is 10.1 Å². The van der Waals surface area contributed by atoms with Gasteiger partial charge in [-0.2, -0.15) is 18.4 Å². The van der Waals surface area contributed by atoms with Crippen LogP contribution in [0.3, 0.4) is 0 Å². The summed E-state index contributed by atoms with van der Waals surface area (Å²) in [6, 6.07) is 18.3. The minimum Gasteiger partial charge on any atom is -0.489 e. The number of hydrogen-bond donors (Lipinski definition) is 1. The summed E-state index contributed by atoms with van der Waals surface area (Å²) in [7, 11) is 0. The number of carbonyl (C=O) groups is 1. The molecule has 0 aliphatic carbocycles. The van der Waals surface area contributed by atoms with Crippen molar-refractivity contribution in [1.29, 1.82) is 5.26 Å². The number of benzene rings is 3. The molecule has 3 aromatic rings. The van der Waals surface area contributed by atoms with E-state index in [2.05, 4.69) is 5.32 Å². The predicted octanol–water partition coefficient (Wildman–Crippen LogP) is 6.79. The van der Waals surface area contributed by atoms with Crippen molar-refractivity contribution in [3.8, 4) is 11.8 Å². The van der Waals surface area contributed by atoms with Crippen LogP contribution >= 0.6 is 11.6 Å². The molecule has 1 N–H and O–H groups in total. The Kier molecular flexibility index (Phi) is 7.41. The van der Waals surface area contributed by atoms with Crippen LogP contribution in [-0.4, -0.2) is 5.91 Å². The van der Waals surface area contributed by atoms with E-state index in [-0.39, 0.29) is 12.2 Å². The first kappa shape index (κ1) is 23.9. The van der Waals surface area contributed by atoms with Crippen LogP contribution in [0, 0.1) is 18.3 Å². The van der Waals surface area contributed by atoms with Crippen molar-refractivity contribution < 1.29 is 22.7 Å². The molecule has 0 saturated heterocycles. The van der Waals surface area contributed by atoms with Crippen LogP contribution in [0.5, 0.6) is 5.75 Å². The topological polar surface area (TPSA) is 62.1 Å². The number of nitrogens with zero attached hydrogens (tertiary/aromatic N) is 1. The highest BCUT2D eigenvalue weighted by Crippen LogP contribution is 2.30. The summed E-state index contributed by atoms with van der Waals surface area (Å²) < 4.78 is 44.0. The van der Waals surface area contributed by atoms with Crippen LogP contribution in [0.25, 0.3) is 6.08 Å². The van der Waals surface area contributed by atoms with Gasteiger partial charge >= 0.3 is 6.18 Å². The Morgan fingerprint density at radius 3 is 2.48 bits per heavy atom. The first-order valence-electron chi connectivity index (χ1n) is 9.74. The quantitative estimate of drug-likeness (QED) is 0.318. The summed E-state index contributed by atoms with van der Waals surface area (Å²) in [6.07, 6.45) is -2.99. The maximum Gasteiger partial charge on any atom is 0.416 e. The lowest BCUT2D eigenvalue weighted by Crippen LogP contribution is -2.14. The Morgan fingerprint density at radius 2 is 1.82 bits per heavy atom. The molecule has 0 fully saturated rings. The summed E-state index contributed by atoms with van der Waals surface area (Å²) >= 11 is 6.05. The van der Waals surface area contributed by atoms with Crippen molar-refractivity contribution in [2.45, 2.75) is 19.7 Å². The first-order chi connectivity index (χ1) is 15.7. The van der Waals surface area contributed by atoms with E-state index >= 15 is 0 Å². The van der Waals surface area contributed by atoms with Crippen molar-refractivity contribution in [2.24, 2.45) is 0 Å². The zero-order valence-corrected chi connectivity index (χ0v) is 18.2. The highest BCUT2D eigenvalue weighted by atomic mass is 35.5. The monoisotopic (exact) mass is 470 g/mol. The summed E-state index contributed by atoms with van der Waals surface area (Å²) in [4.78, 5) is 12.5. The van der Waals surface area contributed by atoms with E-state index in [1.54, 1.807) is 55.5 Å². The molecule has 0 atom stereocenters. The van der Waals surface area contributed by atoms with Crippen molar-refractivity contribution in [2.75, 3.05) is 5.32 Å². The molecule has 8 heteroatoms. The molecule has 0 aliphatic heterocycles. The molecule has 33 heavy (non-hydrogen) atoms. The van der Waals surface area contributed by atoms with Crippen molar-refractivity contribution >= 4 is 29.3 Å². The lowest BCUT2D eigenvalue weighted by atomic mass is 10.1. The van der Waals surface area contributed by atoms with E-state index in [0.717, 1.165) is 12.1 Å². The fourth-order valence-corrected chi connectivity index (χ4v) is 3.09. The van der Waals surface area contributed by atoms with E-state index < -0.39 is 17.6 Å². The van der Waals surface area contributed by atoms with Crippen LogP contribution in [0.2, 0.25) is 5.02 Å². The van der Waals surface area contributed by atoms with Crippen LogP contribution in [0.15, 0.2) is 72.3 Å². The number of hydrogen-bond acceptors (Lipinski definition) is 3. The standard InChI is InChI=1S/C25H18ClF3N2O2/c1-16-22(26)6-3-7-23(16)31-24(32)19(14-30)12-17-8-10-21(11-9-17)33-15-18-4-2-5-20(13-18)25(27,28)29/h2-13H,15H2,1H3,(H,31,32)/b19-12+.